The van der Waals surface area contributed by atoms with E-state index in [0.717, 1.165) is 38.0 Å². The lowest BCUT2D eigenvalue weighted by molar-refractivity contribution is -0.137. The molecule has 0 aromatic heterocycles. The molecule has 3 rings (SSSR count). The third-order valence-corrected chi connectivity index (χ3v) is 4.46. The molecule has 2 fully saturated rings. The molecule has 0 bridgehead atoms. The van der Waals surface area contributed by atoms with Crippen LogP contribution in [0.2, 0.25) is 0 Å². The Morgan fingerprint density at radius 2 is 1.75 bits per heavy atom. The first-order valence-corrected chi connectivity index (χ1v) is 8.13. The van der Waals surface area contributed by atoms with Crippen molar-refractivity contribution in [1.29, 1.82) is 0 Å². The van der Waals surface area contributed by atoms with Crippen LogP contribution >= 0.6 is 0 Å². The highest BCUT2D eigenvalue weighted by Gasteiger charge is 2.31. The molecule has 1 amide bonds. The monoisotopic (exact) mass is 343 g/mol. The maximum atomic E-state index is 12.6. The number of amides is 1. The number of rotatable bonds is 3. The van der Waals surface area contributed by atoms with Crippen LogP contribution in [0, 0.1) is 0 Å². The van der Waals surface area contributed by atoms with Gasteiger partial charge in [-0.3, -0.25) is 4.79 Å². The minimum absolute atomic E-state index is 0.119. The predicted octanol–water partition coefficient (Wildman–Crippen LogP) is 3.12. The summed E-state index contributed by atoms with van der Waals surface area (Å²) in [6, 6.07) is 4.37. The summed E-state index contributed by atoms with van der Waals surface area (Å²) in [6.45, 7) is 2.47. The van der Waals surface area contributed by atoms with Gasteiger partial charge in [-0.25, -0.2) is 0 Å². The van der Waals surface area contributed by atoms with Gasteiger partial charge in [0.1, 0.15) is 0 Å². The van der Waals surface area contributed by atoms with Crippen LogP contribution < -0.4 is 0 Å². The second kappa shape index (κ2) is 7.11. The van der Waals surface area contributed by atoms with E-state index in [2.05, 4.69) is 0 Å². The number of hydrogen-bond acceptors (Lipinski definition) is 3. The van der Waals surface area contributed by atoms with Crippen molar-refractivity contribution < 1.29 is 27.4 Å². The van der Waals surface area contributed by atoms with Crippen molar-refractivity contribution in [3.8, 4) is 0 Å². The summed E-state index contributed by atoms with van der Waals surface area (Å²) in [5, 5.41) is 0. The highest BCUT2D eigenvalue weighted by molar-refractivity contribution is 5.94. The lowest BCUT2D eigenvalue weighted by atomic mass is 10.0. The predicted molar refractivity (Wildman–Crippen MR) is 80.7 cm³/mol. The van der Waals surface area contributed by atoms with Crippen LogP contribution in [0.3, 0.4) is 0 Å². The SMILES string of the molecule is O=C(c1ccc(C(F)(F)F)cc1)N1CCC(O[C@H]2CCOC2)CC1. The van der Waals surface area contributed by atoms with Gasteiger partial charge in [-0.05, 0) is 43.5 Å². The Hall–Kier alpha value is -1.60. The fraction of sp³-hybridized carbons (Fsp3) is 0.588. The van der Waals surface area contributed by atoms with E-state index in [4.69, 9.17) is 9.47 Å². The molecule has 132 valence electrons. The number of ether oxygens (including phenoxy) is 2. The Morgan fingerprint density at radius 3 is 2.29 bits per heavy atom. The zero-order valence-electron chi connectivity index (χ0n) is 13.2. The van der Waals surface area contributed by atoms with Gasteiger partial charge in [0.25, 0.3) is 5.91 Å². The molecule has 2 saturated heterocycles. The van der Waals surface area contributed by atoms with E-state index in [0.29, 0.717) is 19.7 Å². The number of nitrogens with zero attached hydrogens (tertiary/aromatic N) is 1. The molecule has 2 aliphatic heterocycles. The second-order valence-corrected chi connectivity index (χ2v) is 6.19. The van der Waals surface area contributed by atoms with Gasteiger partial charge in [0, 0.05) is 25.3 Å². The van der Waals surface area contributed by atoms with E-state index in [1.165, 1.54) is 12.1 Å². The summed E-state index contributed by atoms with van der Waals surface area (Å²) in [4.78, 5) is 14.1. The van der Waals surface area contributed by atoms with Crippen molar-refractivity contribution in [3.63, 3.8) is 0 Å². The minimum Gasteiger partial charge on any atom is -0.379 e. The molecule has 0 saturated carbocycles. The van der Waals surface area contributed by atoms with Crippen molar-refractivity contribution in [2.24, 2.45) is 0 Å². The number of carbonyl (C=O) groups is 1. The van der Waals surface area contributed by atoms with Crippen LogP contribution in [0.5, 0.6) is 0 Å². The highest BCUT2D eigenvalue weighted by Crippen LogP contribution is 2.29. The Morgan fingerprint density at radius 1 is 1.08 bits per heavy atom. The standard InChI is InChI=1S/C17H20F3NO3/c18-17(19,20)13-3-1-12(2-4-13)16(22)21-8-5-14(6-9-21)24-15-7-10-23-11-15/h1-4,14-15H,5-11H2/t15-/m0/s1. The third-order valence-electron chi connectivity index (χ3n) is 4.46. The van der Waals surface area contributed by atoms with Gasteiger partial charge in [-0.1, -0.05) is 0 Å². The van der Waals surface area contributed by atoms with Gasteiger partial charge in [0.05, 0.1) is 24.4 Å². The van der Waals surface area contributed by atoms with E-state index in [1.54, 1.807) is 4.90 Å². The molecule has 7 heteroatoms. The number of carbonyl (C=O) groups excluding carboxylic acids is 1. The molecule has 0 spiro atoms. The number of halogens is 3. The number of alkyl halides is 3. The van der Waals surface area contributed by atoms with Crippen LogP contribution in [0.25, 0.3) is 0 Å². The Bertz CT molecular complexity index is 559. The number of piperidine rings is 1. The van der Waals surface area contributed by atoms with Crippen LogP contribution in [0.15, 0.2) is 24.3 Å². The zero-order chi connectivity index (χ0) is 17.2. The van der Waals surface area contributed by atoms with E-state index < -0.39 is 11.7 Å². The molecule has 0 N–H and O–H groups in total. The summed E-state index contributed by atoms with van der Waals surface area (Å²) >= 11 is 0. The van der Waals surface area contributed by atoms with Gasteiger partial charge in [-0.2, -0.15) is 13.2 Å². The van der Waals surface area contributed by atoms with Crippen LogP contribution in [-0.2, 0) is 15.7 Å². The molecule has 0 aliphatic carbocycles. The molecule has 1 aromatic carbocycles. The minimum atomic E-state index is -4.39. The van der Waals surface area contributed by atoms with Gasteiger partial charge in [0.15, 0.2) is 0 Å². The average Bonchev–Trinajstić information content (AvgIpc) is 3.07. The van der Waals surface area contributed by atoms with E-state index >= 15 is 0 Å². The maximum absolute atomic E-state index is 12.6. The smallest absolute Gasteiger partial charge is 0.379 e. The summed E-state index contributed by atoms with van der Waals surface area (Å²) in [7, 11) is 0. The Labute approximate surface area is 138 Å². The Kier molecular flexibility index (Phi) is 5.10. The van der Waals surface area contributed by atoms with E-state index in [1.807, 2.05) is 0 Å². The lowest BCUT2D eigenvalue weighted by Crippen LogP contribution is -2.41. The van der Waals surface area contributed by atoms with Crippen molar-refractivity contribution in [2.75, 3.05) is 26.3 Å². The average molecular weight is 343 g/mol. The maximum Gasteiger partial charge on any atom is 0.416 e. The molecule has 24 heavy (non-hydrogen) atoms. The largest absolute Gasteiger partial charge is 0.416 e. The zero-order valence-corrected chi connectivity index (χ0v) is 13.2. The normalized spacial score (nSPS) is 22.8. The van der Waals surface area contributed by atoms with Gasteiger partial charge in [-0.15, -0.1) is 0 Å². The van der Waals surface area contributed by atoms with Crippen molar-refractivity contribution in [1.82, 2.24) is 4.90 Å². The highest BCUT2D eigenvalue weighted by atomic mass is 19.4. The molecule has 0 radical (unpaired) electrons. The summed E-state index contributed by atoms with van der Waals surface area (Å²) in [5.41, 5.74) is -0.462. The lowest BCUT2D eigenvalue weighted by Gasteiger charge is -2.33. The third kappa shape index (κ3) is 4.08. The molecule has 0 unspecified atom stereocenters. The number of hydrogen-bond donors (Lipinski definition) is 0. The molecular formula is C17H20F3NO3. The molecule has 1 aromatic rings. The summed E-state index contributed by atoms with van der Waals surface area (Å²) in [5.74, 6) is -0.230. The fourth-order valence-electron chi connectivity index (χ4n) is 3.07. The van der Waals surface area contributed by atoms with E-state index in [9.17, 15) is 18.0 Å². The van der Waals surface area contributed by atoms with Crippen LogP contribution in [-0.4, -0.2) is 49.3 Å². The van der Waals surface area contributed by atoms with Gasteiger partial charge < -0.3 is 14.4 Å². The fourth-order valence-corrected chi connectivity index (χ4v) is 3.07. The molecule has 1 atom stereocenters. The number of benzene rings is 1. The molecule has 2 heterocycles. The first-order chi connectivity index (χ1) is 11.4. The van der Waals surface area contributed by atoms with Crippen LogP contribution in [0.4, 0.5) is 13.2 Å². The molecule has 4 nitrogen and oxygen atoms in total. The van der Waals surface area contributed by atoms with Crippen LogP contribution in [0.1, 0.15) is 35.2 Å². The summed E-state index contributed by atoms with van der Waals surface area (Å²) < 4.78 is 48.9. The Balaban J connectivity index is 1.53. The summed E-state index contributed by atoms with van der Waals surface area (Å²) in [6.07, 6.45) is -1.74. The quantitative estimate of drug-likeness (QED) is 0.846. The van der Waals surface area contributed by atoms with E-state index in [-0.39, 0.29) is 23.7 Å². The van der Waals surface area contributed by atoms with Gasteiger partial charge >= 0.3 is 6.18 Å². The first kappa shape index (κ1) is 17.2. The topological polar surface area (TPSA) is 38.8 Å². The van der Waals surface area contributed by atoms with Crippen molar-refractivity contribution >= 4 is 5.91 Å². The molecule has 2 aliphatic rings. The first-order valence-electron chi connectivity index (χ1n) is 8.13. The molecular weight excluding hydrogens is 323 g/mol. The number of likely N-dealkylation sites (tertiary alicyclic amines) is 1. The van der Waals surface area contributed by atoms with Crippen molar-refractivity contribution in [3.05, 3.63) is 35.4 Å². The van der Waals surface area contributed by atoms with Crippen molar-refractivity contribution in [2.45, 2.75) is 37.6 Å². The van der Waals surface area contributed by atoms with Gasteiger partial charge in [0.2, 0.25) is 0 Å². The second-order valence-electron chi connectivity index (χ2n) is 6.19.